The minimum Gasteiger partial charge on any atom is -0.343 e. The molecule has 104 valence electrons. The van der Waals surface area contributed by atoms with E-state index in [0.29, 0.717) is 5.92 Å². The molecule has 2 aromatic rings. The molecule has 0 atom stereocenters. The molecule has 4 nitrogen and oxygen atoms in total. The lowest BCUT2D eigenvalue weighted by atomic mass is 9.97. The highest BCUT2D eigenvalue weighted by Gasteiger charge is 2.24. The standard InChI is InChI=1S/C15H17N3OS/c1-11(19)18-7-4-12(5-8-18)15-17-14(10-20-15)13-3-2-6-16-9-13/h2-3,6,9-10,12H,4-5,7-8H2,1H3. The van der Waals surface area contributed by atoms with Gasteiger partial charge in [0.25, 0.3) is 0 Å². The normalized spacial score (nSPS) is 16.4. The summed E-state index contributed by atoms with van der Waals surface area (Å²) in [5, 5.41) is 3.29. The lowest BCUT2D eigenvalue weighted by Gasteiger charge is -2.30. The van der Waals surface area contributed by atoms with E-state index in [9.17, 15) is 4.79 Å². The van der Waals surface area contributed by atoms with Crippen LogP contribution in [0.25, 0.3) is 11.3 Å². The number of hydrogen-bond acceptors (Lipinski definition) is 4. The fraction of sp³-hybridized carbons (Fsp3) is 0.400. The minimum atomic E-state index is 0.179. The first kappa shape index (κ1) is 13.2. The number of amides is 1. The van der Waals surface area contributed by atoms with Gasteiger partial charge in [-0.05, 0) is 25.0 Å². The molecule has 1 fully saturated rings. The van der Waals surface area contributed by atoms with E-state index in [-0.39, 0.29) is 5.91 Å². The average Bonchev–Trinajstić information content (AvgIpc) is 2.98. The largest absolute Gasteiger partial charge is 0.343 e. The maximum atomic E-state index is 11.3. The second-order valence-electron chi connectivity index (χ2n) is 5.09. The Morgan fingerprint density at radius 2 is 2.20 bits per heavy atom. The van der Waals surface area contributed by atoms with Gasteiger partial charge in [0.15, 0.2) is 0 Å². The summed E-state index contributed by atoms with van der Waals surface area (Å²) in [6.07, 6.45) is 5.64. The van der Waals surface area contributed by atoms with Gasteiger partial charge in [-0.25, -0.2) is 4.98 Å². The molecule has 2 aromatic heterocycles. The van der Waals surface area contributed by atoms with Crippen LogP contribution in [0, 0.1) is 0 Å². The van der Waals surface area contributed by atoms with Crippen LogP contribution in [0.4, 0.5) is 0 Å². The van der Waals surface area contributed by atoms with Crippen LogP contribution >= 0.6 is 11.3 Å². The fourth-order valence-electron chi connectivity index (χ4n) is 2.56. The topological polar surface area (TPSA) is 46.1 Å². The second kappa shape index (κ2) is 5.71. The van der Waals surface area contributed by atoms with Crippen LogP contribution in [0.5, 0.6) is 0 Å². The summed E-state index contributed by atoms with van der Waals surface area (Å²) in [6.45, 7) is 3.34. The third-order valence-electron chi connectivity index (χ3n) is 3.77. The lowest BCUT2D eigenvalue weighted by Crippen LogP contribution is -2.36. The van der Waals surface area contributed by atoms with Crippen LogP contribution in [0.15, 0.2) is 29.9 Å². The monoisotopic (exact) mass is 287 g/mol. The summed E-state index contributed by atoms with van der Waals surface area (Å²) < 4.78 is 0. The van der Waals surface area contributed by atoms with E-state index in [2.05, 4.69) is 10.4 Å². The summed E-state index contributed by atoms with van der Waals surface area (Å²) in [4.78, 5) is 22.1. The molecule has 0 radical (unpaired) electrons. The van der Waals surface area contributed by atoms with Gasteiger partial charge in [-0.2, -0.15) is 0 Å². The molecule has 1 saturated heterocycles. The third-order valence-corrected chi connectivity index (χ3v) is 4.78. The summed E-state index contributed by atoms with van der Waals surface area (Å²) in [7, 11) is 0. The zero-order valence-corrected chi connectivity index (χ0v) is 12.3. The van der Waals surface area contributed by atoms with Crippen molar-refractivity contribution in [2.75, 3.05) is 13.1 Å². The van der Waals surface area contributed by atoms with Crippen LogP contribution in [-0.4, -0.2) is 33.9 Å². The molecule has 1 aliphatic heterocycles. The van der Waals surface area contributed by atoms with Crippen molar-refractivity contribution in [3.05, 3.63) is 34.9 Å². The van der Waals surface area contributed by atoms with Gasteiger partial charge in [-0.15, -0.1) is 11.3 Å². The van der Waals surface area contributed by atoms with Gasteiger partial charge in [-0.3, -0.25) is 9.78 Å². The number of carbonyl (C=O) groups is 1. The number of aromatic nitrogens is 2. The molecule has 3 rings (SSSR count). The molecule has 5 heteroatoms. The zero-order valence-electron chi connectivity index (χ0n) is 11.5. The number of carbonyl (C=O) groups excluding carboxylic acids is 1. The maximum Gasteiger partial charge on any atom is 0.219 e. The Labute approximate surface area is 122 Å². The first-order valence-corrected chi connectivity index (χ1v) is 7.73. The number of piperidine rings is 1. The van der Waals surface area contributed by atoms with E-state index < -0.39 is 0 Å². The highest BCUT2D eigenvalue weighted by Crippen LogP contribution is 2.32. The molecular weight excluding hydrogens is 270 g/mol. The Kier molecular flexibility index (Phi) is 3.78. The number of nitrogens with zero attached hydrogens (tertiary/aromatic N) is 3. The SMILES string of the molecule is CC(=O)N1CCC(c2nc(-c3cccnc3)cs2)CC1. The predicted octanol–water partition coefficient (Wildman–Crippen LogP) is 2.93. The molecule has 0 aliphatic carbocycles. The van der Waals surface area contributed by atoms with Gasteiger partial charge in [0, 0.05) is 49.3 Å². The van der Waals surface area contributed by atoms with E-state index in [1.54, 1.807) is 24.5 Å². The van der Waals surface area contributed by atoms with Crippen molar-refractivity contribution >= 4 is 17.2 Å². The molecule has 1 aliphatic rings. The van der Waals surface area contributed by atoms with Crippen molar-refractivity contribution in [3.8, 4) is 11.3 Å². The van der Waals surface area contributed by atoms with Crippen molar-refractivity contribution < 1.29 is 4.79 Å². The molecule has 3 heterocycles. The number of likely N-dealkylation sites (tertiary alicyclic amines) is 1. The lowest BCUT2D eigenvalue weighted by molar-refractivity contribution is -0.129. The Morgan fingerprint density at radius 3 is 2.85 bits per heavy atom. The molecule has 0 saturated carbocycles. The highest BCUT2D eigenvalue weighted by molar-refractivity contribution is 7.10. The molecule has 0 spiro atoms. The van der Waals surface area contributed by atoms with Gasteiger partial charge < -0.3 is 4.90 Å². The van der Waals surface area contributed by atoms with Crippen LogP contribution in [0.2, 0.25) is 0 Å². The van der Waals surface area contributed by atoms with E-state index >= 15 is 0 Å². The van der Waals surface area contributed by atoms with Crippen molar-refractivity contribution in [1.82, 2.24) is 14.9 Å². The summed E-state index contributed by atoms with van der Waals surface area (Å²) in [5.41, 5.74) is 2.07. The maximum absolute atomic E-state index is 11.3. The molecule has 0 N–H and O–H groups in total. The van der Waals surface area contributed by atoms with Gasteiger partial charge in [0.1, 0.15) is 0 Å². The van der Waals surface area contributed by atoms with Gasteiger partial charge in [0.05, 0.1) is 10.7 Å². The van der Waals surface area contributed by atoms with Crippen LogP contribution < -0.4 is 0 Å². The van der Waals surface area contributed by atoms with E-state index in [4.69, 9.17) is 4.98 Å². The van der Waals surface area contributed by atoms with Gasteiger partial charge >= 0.3 is 0 Å². The van der Waals surface area contributed by atoms with Crippen LogP contribution in [-0.2, 0) is 4.79 Å². The summed E-state index contributed by atoms with van der Waals surface area (Å²) >= 11 is 1.72. The van der Waals surface area contributed by atoms with Crippen molar-refractivity contribution in [3.63, 3.8) is 0 Å². The first-order chi connectivity index (χ1) is 9.74. The Morgan fingerprint density at radius 1 is 1.40 bits per heavy atom. The zero-order chi connectivity index (χ0) is 13.9. The minimum absolute atomic E-state index is 0.179. The smallest absolute Gasteiger partial charge is 0.219 e. The molecule has 20 heavy (non-hydrogen) atoms. The fourth-order valence-corrected chi connectivity index (χ4v) is 3.56. The summed E-state index contributed by atoms with van der Waals surface area (Å²) in [5.74, 6) is 0.666. The number of pyridine rings is 1. The van der Waals surface area contributed by atoms with E-state index in [0.717, 1.165) is 37.2 Å². The summed E-state index contributed by atoms with van der Waals surface area (Å²) in [6, 6.07) is 3.96. The van der Waals surface area contributed by atoms with E-state index in [1.807, 2.05) is 23.2 Å². The number of thiazole rings is 1. The molecule has 0 bridgehead atoms. The highest BCUT2D eigenvalue weighted by atomic mass is 32.1. The van der Waals surface area contributed by atoms with Crippen molar-refractivity contribution in [2.24, 2.45) is 0 Å². The van der Waals surface area contributed by atoms with E-state index in [1.165, 1.54) is 5.01 Å². The Bertz CT molecular complexity index is 588. The quantitative estimate of drug-likeness (QED) is 0.853. The second-order valence-corrected chi connectivity index (χ2v) is 5.98. The molecule has 1 amide bonds. The first-order valence-electron chi connectivity index (χ1n) is 6.85. The number of hydrogen-bond donors (Lipinski definition) is 0. The molecular formula is C15H17N3OS. The molecule has 0 unspecified atom stereocenters. The van der Waals surface area contributed by atoms with Crippen LogP contribution in [0.3, 0.4) is 0 Å². The number of rotatable bonds is 2. The van der Waals surface area contributed by atoms with Crippen molar-refractivity contribution in [2.45, 2.75) is 25.7 Å². The Hall–Kier alpha value is -1.75. The third kappa shape index (κ3) is 2.72. The van der Waals surface area contributed by atoms with Gasteiger partial charge in [0.2, 0.25) is 5.91 Å². The Balaban J connectivity index is 1.71. The average molecular weight is 287 g/mol. The van der Waals surface area contributed by atoms with Gasteiger partial charge in [-0.1, -0.05) is 0 Å². The van der Waals surface area contributed by atoms with Crippen LogP contribution in [0.1, 0.15) is 30.7 Å². The van der Waals surface area contributed by atoms with Crippen molar-refractivity contribution in [1.29, 1.82) is 0 Å². The predicted molar refractivity (Wildman–Crippen MR) is 79.6 cm³/mol. The molecule has 0 aromatic carbocycles.